The van der Waals surface area contributed by atoms with Crippen molar-refractivity contribution in [3.63, 3.8) is 0 Å². The molecule has 7 heteroatoms. The summed E-state index contributed by atoms with van der Waals surface area (Å²) in [7, 11) is 0. The fraction of sp³-hybridized carbons (Fsp3) is 0.188. The van der Waals surface area contributed by atoms with E-state index in [1.165, 1.54) is 18.2 Å². The molecule has 0 saturated carbocycles. The summed E-state index contributed by atoms with van der Waals surface area (Å²) in [5.41, 5.74) is 5.02. The minimum atomic E-state index is -3.36. The third-order valence-electron chi connectivity index (χ3n) is 3.00. The summed E-state index contributed by atoms with van der Waals surface area (Å²) in [6, 6.07) is 3.83. The van der Waals surface area contributed by atoms with Crippen molar-refractivity contribution in [1.29, 1.82) is 0 Å². The number of halogens is 5. The minimum absolute atomic E-state index is 0.121. The Morgan fingerprint density at radius 2 is 1.91 bits per heavy atom. The maximum absolute atomic E-state index is 13.8. The van der Waals surface area contributed by atoms with E-state index in [-0.39, 0.29) is 21.2 Å². The quantitative estimate of drug-likeness (QED) is 0.809. The number of rotatable bonds is 2. The van der Waals surface area contributed by atoms with E-state index in [0.29, 0.717) is 0 Å². The lowest BCUT2D eigenvalue weighted by atomic mass is 10.1. The third-order valence-corrected chi connectivity index (χ3v) is 3.52. The Labute approximate surface area is 141 Å². The Kier molecular flexibility index (Phi) is 5.20. The average Bonchev–Trinajstić information content (AvgIpc) is 2.46. The highest BCUT2D eigenvalue weighted by Gasteiger charge is 2.39. The topological polar surface area (TPSA) is 38.9 Å². The van der Waals surface area contributed by atoms with Crippen molar-refractivity contribution >= 4 is 23.2 Å². The van der Waals surface area contributed by atoms with Crippen LogP contribution in [0.1, 0.15) is 23.7 Å². The van der Waals surface area contributed by atoms with E-state index in [4.69, 9.17) is 28.9 Å². The first-order valence-electron chi connectivity index (χ1n) is 6.48. The molecule has 0 amide bonds. The number of hydrogen-bond acceptors (Lipinski definition) is 2. The molecule has 23 heavy (non-hydrogen) atoms. The molecule has 1 unspecified atom stereocenters. The first-order chi connectivity index (χ1) is 10.7. The lowest BCUT2D eigenvalue weighted by Gasteiger charge is -2.20. The van der Waals surface area contributed by atoms with Crippen LogP contribution in [0.15, 0.2) is 30.5 Å². The van der Waals surface area contributed by atoms with Gasteiger partial charge in [-0.15, -0.1) is 0 Å². The molecule has 0 saturated heterocycles. The van der Waals surface area contributed by atoms with E-state index < -0.39 is 23.5 Å². The maximum atomic E-state index is 13.8. The van der Waals surface area contributed by atoms with Gasteiger partial charge < -0.3 is 5.73 Å². The molecule has 0 fully saturated rings. The Morgan fingerprint density at radius 1 is 1.22 bits per heavy atom. The predicted octanol–water partition coefficient (Wildman–Crippen LogP) is 4.37. The molecular formula is C16H11Cl2F3N2. The number of nitrogens with zero attached hydrogens (tertiary/aromatic N) is 1. The highest BCUT2D eigenvalue weighted by atomic mass is 35.5. The Balaban J connectivity index is 2.34. The van der Waals surface area contributed by atoms with Crippen LogP contribution in [0.3, 0.4) is 0 Å². The molecule has 0 aliphatic heterocycles. The first-order valence-corrected chi connectivity index (χ1v) is 7.24. The number of hydrogen-bond donors (Lipinski definition) is 1. The van der Waals surface area contributed by atoms with Crippen LogP contribution in [0.2, 0.25) is 10.0 Å². The van der Waals surface area contributed by atoms with Crippen LogP contribution in [-0.2, 0) is 5.92 Å². The van der Waals surface area contributed by atoms with Gasteiger partial charge in [0.25, 0.3) is 0 Å². The van der Waals surface area contributed by atoms with Crippen LogP contribution >= 0.6 is 23.2 Å². The van der Waals surface area contributed by atoms with Gasteiger partial charge in [-0.25, -0.2) is 4.39 Å². The molecule has 1 heterocycles. The fourth-order valence-electron chi connectivity index (χ4n) is 1.70. The van der Waals surface area contributed by atoms with Gasteiger partial charge in [-0.2, -0.15) is 8.78 Å². The molecule has 0 spiro atoms. The number of nitrogens with two attached hydrogens (primary N) is 1. The van der Waals surface area contributed by atoms with E-state index in [0.717, 1.165) is 19.2 Å². The molecule has 1 aromatic carbocycles. The monoisotopic (exact) mass is 358 g/mol. The summed E-state index contributed by atoms with van der Waals surface area (Å²) in [4.78, 5) is 3.64. The second kappa shape index (κ2) is 6.79. The van der Waals surface area contributed by atoms with Crippen molar-refractivity contribution in [3.05, 3.63) is 63.1 Å². The maximum Gasteiger partial charge on any atom is 0.305 e. The van der Waals surface area contributed by atoms with E-state index >= 15 is 0 Å². The van der Waals surface area contributed by atoms with Crippen molar-refractivity contribution in [3.8, 4) is 11.8 Å². The Bertz CT molecular complexity index is 796. The van der Waals surface area contributed by atoms with E-state index in [1.54, 1.807) is 0 Å². The molecule has 0 aliphatic carbocycles. The van der Waals surface area contributed by atoms with Crippen molar-refractivity contribution < 1.29 is 13.2 Å². The van der Waals surface area contributed by atoms with Gasteiger partial charge in [0.1, 0.15) is 11.5 Å². The zero-order valence-corrected chi connectivity index (χ0v) is 13.4. The molecule has 0 bridgehead atoms. The number of alkyl halides is 2. The molecule has 120 valence electrons. The molecule has 2 rings (SSSR count). The number of benzene rings is 1. The van der Waals surface area contributed by atoms with Gasteiger partial charge in [-0.1, -0.05) is 35.0 Å². The van der Waals surface area contributed by atoms with Gasteiger partial charge in [0.05, 0.1) is 16.6 Å². The highest BCUT2D eigenvalue weighted by Crippen LogP contribution is 2.34. The molecule has 2 N–H and O–H groups in total. The SMILES string of the molecule is CC(N)C(F)(F)c1ncc(C#Cc2ccc(Cl)cc2F)cc1Cl. The van der Waals surface area contributed by atoms with Gasteiger partial charge in [-0.3, -0.25) is 4.98 Å². The summed E-state index contributed by atoms with van der Waals surface area (Å²) in [6.07, 6.45) is 1.14. The summed E-state index contributed by atoms with van der Waals surface area (Å²) >= 11 is 11.5. The molecule has 1 atom stereocenters. The van der Waals surface area contributed by atoms with Crippen LogP contribution < -0.4 is 5.73 Å². The van der Waals surface area contributed by atoms with Gasteiger partial charge in [0.2, 0.25) is 0 Å². The number of aromatic nitrogens is 1. The average molecular weight is 359 g/mol. The minimum Gasteiger partial charge on any atom is -0.323 e. The third kappa shape index (κ3) is 3.97. The lowest BCUT2D eigenvalue weighted by Crippen LogP contribution is -2.36. The predicted molar refractivity (Wildman–Crippen MR) is 84.2 cm³/mol. The molecule has 1 aromatic heterocycles. The van der Waals surface area contributed by atoms with Crippen molar-refractivity contribution in [2.45, 2.75) is 18.9 Å². The standard InChI is InChI=1S/C16H11Cl2F3N2/c1-9(22)16(20,21)15-13(18)6-10(8-23-15)2-3-11-4-5-12(17)7-14(11)19/h4-9H,22H2,1H3. The van der Waals surface area contributed by atoms with Crippen LogP contribution in [-0.4, -0.2) is 11.0 Å². The van der Waals surface area contributed by atoms with E-state index in [2.05, 4.69) is 16.8 Å². The van der Waals surface area contributed by atoms with Crippen molar-refractivity contribution in [2.75, 3.05) is 0 Å². The van der Waals surface area contributed by atoms with Crippen molar-refractivity contribution in [2.24, 2.45) is 5.73 Å². The fourth-order valence-corrected chi connectivity index (χ4v) is 2.15. The molecular weight excluding hydrogens is 348 g/mol. The van der Waals surface area contributed by atoms with Crippen LogP contribution in [0, 0.1) is 17.7 Å². The highest BCUT2D eigenvalue weighted by molar-refractivity contribution is 6.31. The molecule has 2 aromatic rings. The summed E-state index contributed by atoms with van der Waals surface area (Å²) in [6.45, 7) is 1.16. The van der Waals surface area contributed by atoms with Crippen LogP contribution in [0.4, 0.5) is 13.2 Å². The Hall–Kier alpha value is -1.74. The van der Waals surface area contributed by atoms with Gasteiger partial charge in [0, 0.05) is 16.8 Å². The molecule has 0 aliphatic rings. The van der Waals surface area contributed by atoms with Crippen LogP contribution in [0.5, 0.6) is 0 Å². The van der Waals surface area contributed by atoms with Crippen molar-refractivity contribution in [1.82, 2.24) is 4.98 Å². The normalized spacial score (nSPS) is 12.5. The summed E-state index contributed by atoms with van der Waals surface area (Å²) in [5.74, 6) is 1.25. The largest absolute Gasteiger partial charge is 0.323 e. The van der Waals surface area contributed by atoms with E-state index in [1.807, 2.05) is 0 Å². The van der Waals surface area contributed by atoms with Gasteiger partial charge in [0.15, 0.2) is 0 Å². The van der Waals surface area contributed by atoms with E-state index in [9.17, 15) is 13.2 Å². The summed E-state index contributed by atoms with van der Waals surface area (Å²) in [5, 5.41) is -0.00377. The first kappa shape index (κ1) is 17.6. The van der Waals surface area contributed by atoms with Crippen LogP contribution in [0.25, 0.3) is 0 Å². The molecule has 2 nitrogen and oxygen atoms in total. The zero-order valence-electron chi connectivity index (χ0n) is 11.9. The zero-order chi connectivity index (χ0) is 17.2. The number of pyridine rings is 1. The Morgan fingerprint density at radius 3 is 2.48 bits per heavy atom. The van der Waals surface area contributed by atoms with Gasteiger partial charge >= 0.3 is 5.92 Å². The molecule has 0 radical (unpaired) electrons. The lowest BCUT2D eigenvalue weighted by molar-refractivity contribution is -0.0298. The second-order valence-corrected chi connectivity index (χ2v) is 5.68. The smallest absolute Gasteiger partial charge is 0.305 e. The van der Waals surface area contributed by atoms with Gasteiger partial charge in [-0.05, 0) is 31.2 Å². The second-order valence-electron chi connectivity index (χ2n) is 4.84. The summed E-state index contributed by atoms with van der Waals surface area (Å²) < 4.78 is 41.3.